The van der Waals surface area contributed by atoms with Gasteiger partial charge in [0.2, 0.25) is 5.91 Å². The van der Waals surface area contributed by atoms with E-state index in [2.05, 4.69) is 20.9 Å². The van der Waals surface area contributed by atoms with E-state index in [0.29, 0.717) is 12.4 Å². The first-order valence-electron chi connectivity index (χ1n) is 10.2. The zero-order chi connectivity index (χ0) is 19.1. The average molecular weight is 379 g/mol. The van der Waals surface area contributed by atoms with E-state index in [1.807, 2.05) is 17.2 Å². The number of amides is 1. The van der Waals surface area contributed by atoms with Gasteiger partial charge >= 0.3 is 0 Å². The van der Waals surface area contributed by atoms with Crippen molar-refractivity contribution in [2.24, 2.45) is 5.92 Å². The predicted molar refractivity (Wildman–Crippen MR) is 103 cm³/mol. The molecule has 7 heteroatoms. The molecule has 0 spiro atoms. The molecule has 0 bridgehead atoms. The summed E-state index contributed by atoms with van der Waals surface area (Å²) in [6, 6.07) is 3.92. The molecule has 2 aromatic rings. The highest BCUT2D eigenvalue weighted by Crippen LogP contribution is 2.37. The molecular weight excluding hydrogens is 354 g/mol. The van der Waals surface area contributed by atoms with E-state index >= 15 is 0 Å². The van der Waals surface area contributed by atoms with E-state index in [0.717, 1.165) is 68.6 Å². The fourth-order valence-electron chi connectivity index (χ4n) is 4.42. The molecule has 2 aliphatic heterocycles. The Balaban J connectivity index is 1.36. The zero-order valence-electron chi connectivity index (χ0n) is 15.9. The van der Waals surface area contributed by atoms with Crippen molar-refractivity contribution >= 4 is 5.91 Å². The minimum atomic E-state index is -0.0699. The summed E-state index contributed by atoms with van der Waals surface area (Å²) >= 11 is 0. The molecule has 3 aliphatic rings. The van der Waals surface area contributed by atoms with Gasteiger partial charge in [-0.3, -0.25) is 19.5 Å². The van der Waals surface area contributed by atoms with Gasteiger partial charge in [0, 0.05) is 50.9 Å². The van der Waals surface area contributed by atoms with Crippen molar-refractivity contribution in [1.82, 2.24) is 24.8 Å². The number of likely N-dealkylation sites (tertiary alicyclic amines) is 1. The van der Waals surface area contributed by atoms with Crippen LogP contribution in [-0.2, 0) is 24.3 Å². The molecule has 5 rings (SSSR count). The van der Waals surface area contributed by atoms with E-state index in [1.165, 1.54) is 0 Å². The highest BCUT2D eigenvalue weighted by atomic mass is 16.2. The van der Waals surface area contributed by atoms with Crippen molar-refractivity contribution in [3.63, 3.8) is 0 Å². The lowest BCUT2D eigenvalue weighted by Crippen LogP contribution is -2.38. The number of nitrogens with one attached hydrogen (secondary N) is 1. The first-order chi connectivity index (χ1) is 13.7. The standard InChI is InChI=1S/C21H25N5O2/c27-20-16-13-25(12-14-3-1-8-22-11-14)10-7-17(16)23-19(24-20)18-4-2-9-26(18)21(28)15-5-6-15/h1,3,8,11,15,18H,2,4-7,9-10,12-13H2,(H,23,24,27)/t18-/m1/s1. The van der Waals surface area contributed by atoms with Crippen LogP contribution in [0, 0.1) is 5.92 Å². The summed E-state index contributed by atoms with van der Waals surface area (Å²) in [5.41, 5.74) is 2.75. The molecule has 1 atom stereocenters. The van der Waals surface area contributed by atoms with E-state index in [4.69, 9.17) is 4.98 Å². The normalized spacial score (nSPS) is 22.3. The first kappa shape index (κ1) is 17.6. The zero-order valence-corrected chi connectivity index (χ0v) is 15.9. The van der Waals surface area contributed by atoms with Crippen LogP contribution < -0.4 is 5.56 Å². The minimum Gasteiger partial charge on any atom is -0.332 e. The van der Waals surface area contributed by atoms with Crippen LogP contribution in [0.2, 0.25) is 0 Å². The van der Waals surface area contributed by atoms with E-state index in [-0.39, 0.29) is 23.4 Å². The second-order valence-electron chi connectivity index (χ2n) is 8.16. The van der Waals surface area contributed by atoms with Crippen molar-refractivity contribution in [1.29, 1.82) is 0 Å². The smallest absolute Gasteiger partial charge is 0.255 e. The van der Waals surface area contributed by atoms with Crippen LogP contribution in [0.15, 0.2) is 29.3 Å². The van der Waals surface area contributed by atoms with Crippen LogP contribution in [0.4, 0.5) is 0 Å². The Hall–Kier alpha value is -2.54. The van der Waals surface area contributed by atoms with Gasteiger partial charge in [0.15, 0.2) is 0 Å². The van der Waals surface area contributed by atoms with Gasteiger partial charge in [-0.1, -0.05) is 6.07 Å². The number of carbonyl (C=O) groups excluding carboxylic acids is 1. The van der Waals surface area contributed by atoms with E-state index in [1.54, 1.807) is 6.20 Å². The Kier molecular flexibility index (Phi) is 4.47. The van der Waals surface area contributed by atoms with Gasteiger partial charge in [-0.15, -0.1) is 0 Å². The number of hydrogen-bond donors (Lipinski definition) is 1. The predicted octanol–water partition coefficient (Wildman–Crippen LogP) is 1.80. The first-order valence-corrected chi connectivity index (χ1v) is 10.2. The fourth-order valence-corrected chi connectivity index (χ4v) is 4.42. The Morgan fingerprint density at radius 3 is 2.93 bits per heavy atom. The number of aromatic amines is 1. The van der Waals surface area contributed by atoms with Crippen LogP contribution in [0.25, 0.3) is 0 Å². The molecule has 28 heavy (non-hydrogen) atoms. The summed E-state index contributed by atoms with van der Waals surface area (Å²) in [6.07, 6.45) is 8.26. The van der Waals surface area contributed by atoms with Crippen LogP contribution >= 0.6 is 0 Å². The second kappa shape index (κ2) is 7.13. The molecule has 1 aliphatic carbocycles. The topological polar surface area (TPSA) is 82.2 Å². The Bertz CT molecular complexity index is 938. The third-order valence-electron chi connectivity index (χ3n) is 6.07. The number of nitrogens with zero attached hydrogens (tertiary/aromatic N) is 4. The lowest BCUT2D eigenvalue weighted by Gasteiger charge is -2.29. The van der Waals surface area contributed by atoms with Crippen LogP contribution in [-0.4, -0.2) is 43.7 Å². The Labute approximate surface area is 163 Å². The van der Waals surface area contributed by atoms with E-state index in [9.17, 15) is 9.59 Å². The molecule has 0 unspecified atom stereocenters. The summed E-state index contributed by atoms with van der Waals surface area (Å²) < 4.78 is 0. The van der Waals surface area contributed by atoms with Crippen molar-refractivity contribution in [3.05, 3.63) is 57.5 Å². The SMILES string of the molecule is O=C(C1CC1)N1CCC[C@@H]1c1nc2c(c(=O)[nH]1)CN(Cc1cccnc1)CC2. The lowest BCUT2D eigenvalue weighted by molar-refractivity contribution is -0.133. The molecule has 2 fully saturated rings. The summed E-state index contributed by atoms with van der Waals surface area (Å²) in [5, 5.41) is 0. The molecule has 1 saturated carbocycles. The second-order valence-corrected chi connectivity index (χ2v) is 8.16. The summed E-state index contributed by atoms with van der Waals surface area (Å²) in [6.45, 7) is 3.02. The van der Waals surface area contributed by atoms with Crippen molar-refractivity contribution in [2.45, 2.75) is 51.2 Å². The van der Waals surface area contributed by atoms with Crippen molar-refractivity contribution < 1.29 is 4.79 Å². The maximum atomic E-state index is 12.8. The number of hydrogen-bond acceptors (Lipinski definition) is 5. The summed E-state index contributed by atoms with van der Waals surface area (Å²) in [4.78, 5) is 41.6. The molecule has 7 nitrogen and oxygen atoms in total. The lowest BCUT2D eigenvalue weighted by atomic mass is 10.1. The highest BCUT2D eigenvalue weighted by Gasteiger charge is 2.40. The Morgan fingerprint density at radius 2 is 2.14 bits per heavy atom. The molecule has 1 N–H and O–H groups in total. The quantitative estimate of drug-likeness (QED) is 0.876. The summed E-state index contributed by atoms with van der Waals surface area (Å²) in [5.74, 6) is 1.12. The van der Waals surface area contributed by atoms with Gasteiger partial charge in [0.25, 0.3) is 5.56 Å². The number of fused-ring (bicyclic) bond motifs is 1. The largest absolute Gasteiger partial charge is 0.332 e. The average Bonchev–Trinajstić information content (AvgIpc) is 3.45. The van der Waals surface area contributed by atoms with Gasteiger partial charge in [-0.05, 0) is 37.3 Å². The monoisotopic (exact) mass is 379 g/mol. The maximum absolute atomic E-state index is 12.8. The van der Waals surface area contributed by atoms with Crippen LogP contribution in [0.3, 0.4) is 0 Å². The van der Waals surface area contributed by atoms with Crippen LogP contribution in [0.1, 0.15) is 54.4 Å². The molecule has 0 aromatic carbocycles. The summed E-state index contributed by atoms with van der Waals surface area (Å²) in [7, 11) is 0. The highest BCUT2D eigenvalue weighted by molar-refractivity contribution is 5.81. The number of rotatable bonds is 4. The minimum absolute atomic E-state index is 0.0541. The maximum Gasteiger partial charge on any atom is 0.255 e. The number of aromatic nitrogens is 3. The van der Waals surface area contributed by atoms with Crippen molar-refractivity contribution in [2.75, 3.05) is 13.1 Å². The molecule has 1 saturated heterocycles. The number of carbonyl (C=O) groups is 1. The molecule has 2 aromatic heterocycles. The van der Waals surface area contributed by atoms with Gasteiger partial charge in [-0.2, -0.15) is 0 Å². The van der Waals surface area contributed by atoms with E-state index < -0.39 is 0 Å². The number of H-pyrrole nitrogens is 1. The third kappa shape index (κ3) is 3.35. The molecule has 0 radical (unpaired) electrons. The van der Waals surface area contributed by atoms with Gasteiger partial charge < -0.3 is 9.88 Å². The van der Waals surface area contributed by atoms with Crippen LogP contribution in [0.5, 0.6) is 0 Å². The Morgan fingerprint density at radius 1 is 1.25 bits per heavy atom. The molecular formula is C21H25N5O2. The van der Waals surface area contributed by atoms with Gasteiger partial charge in [0.1, 0.15) is 5.82 Å². The number of pyridine rings is 1. The molecule has 4 heterocycles. The molecule has 1 amide bonds. The fraction of sp³-hybridized carbons (Fsp3) is 0.524. The van der Waals surface area contributed by atoms with Gasteiger partial charge in [-0.25, -0.2) is 4.98 Å². The molecule has 146 valence electrons. The van der Waals surface area contributed by atoms with Crippen molar-refractivity contribution in [3.8, 4) is 0 Å². The third-order valence-corrected chi connectivity index (χ3v) is 6.07. The van der Waals surface area contributed by atoms with Gasteiger partial charge in [0.05, 0.1) is 17.3 Å².